The summed E-state index contributed by atoms with van der Waals surface area (Å²) in [6.07, 6.45) is 2.79. The Labute approximate surface area is 119 Å². The molecule has 4 heteroatoms. The number of benzene rings is 1. The monoisotopic (exact) mass is 274 g/mol. The van der Waals surface area contributed by atoms with Crippen LogP contribution >= 0.6 is 0 Å². The van der Waals surface area contributed by atoms with Crippen molar-refractivity contribution in [3.63, 3.8) is 0 Å². The molecule has 0 saturated carbocycles. The van der Waals surface area contributed by atoms with Crippen molar-refractivity contribution in [3.05, 3.63) is 30.0 Å². The average molecular weight is 274 g/mol. The van der Waals surface area contributed by atoms with Gasteiger partial charge in [0.1, 0.15) is 0 Å². The first-order chi connectivity index (χ1) is 9.56. The van der Waals surface area contributed by atoms with Gasteiger partial charge in [0.15, 0.2) is 0 Å². The lowest BCUT2D eigenvalue weighted by atomic mass is 10.1. The number of hydrogen-bond donors (Lipinski definition) is 1. The highest BCUT2D eigenvalue weighted by Crippen LogP contribution is 2.27. The van der Waals surface area contributed by atoms with Crippen LogP contribution in [0.3, 0.4) is 0 Å². The quantitative estimate of drug-likeness (QED) is 0.880. The molecule has 1 aromatic heterocycles. The number of carboxylic acids is 1. The predicted octanol–water partition coefficient (Wildman–Crippen LogP) is 3.04. The lowest BCUT2D eigenvalue weighted by Crippen LogP contribution is -2.21. The van der Waals surface area contributed by atoms with Crippen LogP contribution in [0.5, 0.6) is 0 Å². The average Bonchev–Trinajstić information content (AvgIpc) is 2.74. The second-order valence-corrected chi connectivity index (χ2v) is 5.03. The van der Waals surface area contributed by atoms with E-state index in [1.165, 1.54) is 5.69 Å². The van der Waals surface area contributed by atoms with E-state index in [1.54, 1.807) is 0 Å². The molecular formula is C16H22N2O2. The van der Waals surface area contributed by atoms with Crippen LogP contribution in [0.1, 0.15) is 25.8 Å². The van der Waals surface area contributed by atoms with Crippen molar-refractivity contribution in [2.45, 2.75) is 26.7 Å². The molecule has 108 valence electrons. The first kappa shape index (κ1) is 14.4. The van der Waals surface area contributed by atoms with Crippen LogP contribution in [0.2, 0.25) is 0 Å². The fourth-order valence-corrected chi connectivity index (χ4v) is 2.69. The molecule has 0 unspecified atom stereocenters. The van der Waals surface area contributed by atoms with E-state index in [2.05, 4.69) is 41.5 Å². The topological polar surface area (TPSA) is 45.5 Å². The lowest BCUT2D eigenvalue weighted by molar-refractivity contribution is -0.136. The zero-order valence-electron chi connectivity index (χ0n) is 12.4. The minimum atomic E-state index is -0.748. The Morgan fingerprint density at radius 3 is 2.60 bits per heavy atom. The highest BCUT2D eigenvalue weighted by molar-refractivity contribution is 5.87. The number of nitrogens with zero attached hydrogens (tertiary/aromatic N) is 2. The van der Waals surface area contributed by atoms with Crippen LogP contribution in [-0.2, 0) is 18.3 Å². The summed E-state index contributed by atoms with van der Waals surface area (Å²) in [5, 5.41) is 10.0. The molecular weight excluding hydrogens is 252 g/mol. The minimum Gasteiger partial charge on any atom is -0.481 e. The van der Waals surface area contributed by atoms with Crippen molar-refractivity contribution >= 4 is 22.6 Å². The van der Waals surface area contributed by atoms with Crippen LogP contribution in [0.25, 0.3) is 10.9 Å². The number of anilines is 1. The molecule has 1 N–H and O–H groups in total. The maximum absolute atomic E-state index is 10.8. The molecule has 20 heavy (non-hydrogen) atoms. The third kappa shape index (κ3) is 2.79. The van der Waals surface area contributed by atoms with Crippen molar-refractivity contribution in [3.8, 4) is 0 Å². The van der Waals surface area contributed by atoms with E-state index in [1.807, 2.05) is 13.2 Å². The number of carbonyl (C=O) groups is 1. The van der Waals surface area contributed by atoms with Crippen molar-refractivity contribution in [1.82, 2.24) is 4.57 Å². The second kappa shape index (κ2) is 5.99. The van der Waals surface area contributed by atoms with Gasteiger partial charge in [0.25, 0.3) is 0 Å². The molecule has 2 aromatic rings. The van der Waals surface area contributed by atoms with E-state index in [0.717, 1.165) is 29.6 Å². The van der Waals surface area contributed by atoms with E-state index in [9.17, 15) is 4.79 Å². The van der Waals surface area contributed by atoms with Gasteiger partial charge < -0.3 is 14.6 Å². The second-order valence-electron chi connectivity index (χ2n) is 5.03. The molecule has 4 nitrogen and oxygen atoms in total. The Morgan fingerprint density at radius 1 is 1.30 bits per heavy atom. The lowest BCUT2D eigenvalue weighted by Gasteiger charge is -2.21. The molecule has 0 aliphatic carbocycles. The Bertz CT molecular complexity index is 612. The summed E-state index contributed by atoms with van der Waals surface area (Å²) < 4.78 is 2.07. The number of hydrogen-bond acceptors (Lipinski definition) is 2. The van der Waals surface area contributed by atoms with Crippen LogP contribution in [0.15, 0.2) is 24.4 Å². The van der Waals surface area contributed by atoms with Crippen molar-refractivity contribution < 1.29 is 9.90 Å². The first-order valence-corrected chi connectivity index (χ1v) is 7.11. The molecule has 0 aliphatic heterocycles. The maximum Gasteiger partial charge on any atom is 0.303 e. The predicted molar refractivity (Wildman–Crippen MR) is 82.4 cm³/mol. The molecule has 2 rings (SSSR count). The zero-order valence-corrected chi connectivity index (χ0v) is 12.4. The van der Waals surface area contributed by atoms with Crippen molar-refractivity contribution in [1.29, 1.82) is 0 Å². The van der Waals surface area contributed by atoms with Crippen LogP contribution in [-0.4, -0.2) is 28.7 Å². The minimum absolute atomic E-state index is 0.175. The molecule has 0 spiro atoms. The van der Waals surface area contributed by atoms with E-state index in [0.29, 0.717) is 6.42 Å². The van der Waals surface area contributed by atoms with Gasteiger partial charge in [-0.2, -0.15) is 0 Å². The number of rotatable bonds is 6. The number of aromatic nitrogens is 1. The summed E-state index contributed by atoms with van der Waals surface area (Å²) in [5.74, 6) is -0.748. The Balaban J connectivity index is 2.42. The molecule has 0 bridgehead atoms. The number of aryl methyl sites for hydroxylation is 2. The Kier molecular flexibility index (Phi) is 4.32. The van der Waals surface area contributed by atoms with Gasteiger partial charge in [-0.15, -0.1) is 0 Å². The summed E-state index contributed by atoms with van der Waals surface area (Å²) in [5.41, 5.74) is 3.46. The van der Waals surface area contributed by atoms with Crippen molar-refractivity contribution in [2.75, 3.05) is 18.0 Å². The standard InChI is InChI=1S/C16H22N2O2/c1-4-18(5-2)13-7-8-15-14(10-13)12(11-17(15)3)6-9-16(19)20/h7-8,10-11H,4-6,9H2,1-3H3,(H,19,20). The third-order valence-electron chi connectivity index (χ3n) is 3.79. The molecule has 0 fully saturated rings. The van der Waals surface area contributed by atoms with Crippen LogP contribution in [0.4, 0.5) is 5.69 Å². The molecule has 1 aromatic carbocycles. The summed E-state index contributed by atoms with van der Waals surface area (Å²) in [4.78, 5) is 13.1. The fraction of sp³-hybridized carbons (Fsp3) is 0.438. The normalized spacial score (nSPS) is 10.9. The van der Waals surface area contributed by atoms with Gasteiger partial charge in [-0.25, -0.2) is 0 Å². The van der Waals surface area contributed by atoms with E-state index < -0.39 is 5.97 Å². The van der Waals surface area contributed by atoms with E-state index in [-0.39, 0.29) is 6.42 Å². The molecule has 1 heterocycles. The number of aliphatic carboxylic acids is 1. The maximum atomic E-state index is 10.8. The van der Waals surface area contributed by atoms with Gasteiger partial charge >= 0.3 is 5.97 Å². The van der Waals surface area contributed by atoms with Crippen LogP contribution < -0.4 is 4.90 Å². The SMILES string of the molecule is CCN(CC)c1ccc2c(c1)c(CCC(=O)O)cn2C. The summed E-state index contributed by atoms with van der Waals surface area (Å²) in [6, 6.07) is 6.43. The fourth-order valence-electron chi connectivity index (χ4n) is 2.69. The smallest absolute Gasteiger partial charge is 0.303 e. The Morgan fingerprint density at radius 2 is 2.00 bits per heavy atom. The third-order valence-corrected chi connectivity index (χ3v) is 3.79. The Hall–Kier alpha value is -1.97. The molecule has 0 atom stereocenters. The first-order valence-electron chi connectivity index (χ1n) is 7.11. The van der Waals surface area contributed by atoms with Gasteiger partial charge in [0.2, 0.25) is 0 Å². The van der Waals surface area contributed by atoms with Gasteiger partial charge in [-0.05, 0) is 44.0 Å². The molecule has 0 amide bonds. The van der Waals surface area contributed by atoms with Gasteiger partial charge in [-0.3, -0.25) is 4.79 Å². The van der Waals surface area contributed by atoms with E-state index >= 15 is 0 Å². The summed E-state index contributed by atoms with van der Waals surface area (Å²) >= 11 is 0. The van der Waals surface area contributed by atoms with Crippen LogP contribution in [0, 0.1) is 0 Å². The molecule has 0 saturated heterocycles. The summed E-state index contributed by atoms with van der Waals surface area (Å²) in [6.45, 7) is 6.23. The van der Waals surface area contributed by atoms with Crippen molar-refractivity contribution in [2.24, 2.45) is 7.05 Å². The largest absolute Gasteiger partial charge is 0.481 e. The molecule has 0 aliphatic rings. The highest BCUT2D eigenvalue weighted by atomic mass is 16.4. The van der Waals surface area contributed by atoms with Gasteiger partial charge in [-0.1, -0.05) is 0 Å². The highest BCUT2D eigenvalue weighted by Gasteiger charge is 2.10. The molecule has 0 radical (unpaired) electrons. The van der Waals surface area contributed by atoms with Gasteiger partial charge in [0, 0.05) is 49.3 Å². The van der Waals surface area contributed by atoms with E-state index in [4.69, 9.17) is 5.11 Å². The summed E-state index contributed by atoms with van der Waals surface area (Å²) in [7, 11) is 2.00. The number of carboxylic acid groups (broad SMARTS) is 1. The zero-order chi connectivity index (χ0) is 14.7. The van der Waals surface area contributed by atoms with Gasteiger partial charge in [0.05, 0.1) is 0 Å². The number of fused-ring (bicyclic) bond motifs is 1.